The van der Waals surface area contributed by atoms with Crippen LogP contribution in [-0.2, 0) is 30.4 Å². The van der Waals surface area contributed by atoms with Gasteiger partial charge in [-0.1, -0.05) is 0 Å². The van der Waals surface area contributed by atoms with Gasteiger partial charge in [0, 0.05) is 31.3 Å². The third-order valence-corrected chi connectivity index (χ3v) is 4.56. The van der Waals surface area contributed by atoms with Crippen LogP contribution in [0.25, 0.3) is 0 Å². The molecule has 0 fully saturated rings. The number of rotatable bonds is 4. The molecule has 1 aliphatic rings. The highest BCUT2D eigenvalue weighted by Gasteiger charge is 2.36. The van der Waals surface area contributed by atoms with Crippen LogP contribution in [0.1, 0.15) is 29.1 Å². The van der Waals surface area contributed by atoms with Crippen molar-refractivity contribution in [2.75, 3.05) is 6.54 Å². The van der Waals surface area contributed by atoms with Crippen LogP contribution < -0.4 is 5.73 Å². The molecular formula is C18H16F6N4O. The van der Waals surface area contributed by atoms with Crippen LogP contribution >= 0.6 is 0 Å². The largest absolute Gasteiger partial charge is 0.451 e. The fourth-order valence-electron chi connectivity index (χ4n) is 3.08. The maximum absolute atomic E-state index is 13.7. The SMILES string of the molecule is N[C@@H](CC(=O)N1CCc2cnc(C(F)(F)F)nc2C1)Cc1cc(F)c(F)cc1F. The highest BCUT2D eigenvalue weighted by atomic mass is 19.4. The molecule has 0 saturated heterocycles. The molecule has 2 N–H and O–H groups in total. The van der Waals surface area contributed by atoms with Gasteiger partial charge in [-0.3, -0.25) is 4.79 Å². The highest BCUT2D eigenvalue weighted by molar-refractivity contribution is 5.77. The summed E-state index contributed by atoms with van der Waals surface area (Å²) in [6.45, 7) is 0.110. The lowest BCUT2D eigenvalue weighted by atomic mass is 10.0. The first-order valence-corrected chi connectivity index (χ1v) is 8.63. The van der Waals surface area contributed by atoms with E-state index in [2.05, 4.69) is 9.97 Å². The van der Waals surface area contributed by atoms with Crippen molar-refractivity contribution in [2.24, 2.45) is 5.73 Å². The summed E-state index contributed by atoms with van der Waals surface area (Å²) in [6, 6.07) is 0.194. The van der Waals surface area contributed by atoms with Crippen molar-refractivity contribution in [3.63, 3.8) is 0 Å². The maximum atomic E-state index is 13.7. The Labute approximate surface area is 161 Å². The average molecular weight is 418 g/mol. The second kappa shape index (κ2) is 7.97. The number of amides is 1. The van der Waals surface area contributed by atoms with Gasteiger partial charge in [-0.05, 0) is 30.0 Å². The summed E-state index contributed by atoms with van der Waals surface area (Å²) < 4.78 is 78.3. The van der Waals surface area contributed by atoms with E-state index in [0.29, 0.717) is 17.7 Å². The first-order chi connectivity index (χ1) is 13.5. The smallest absolute Gasteiger partial charge is 0.336 e. The number of carbonyl (C=O) groups excluding carboxylic acids is 1. The number of hydrogen-bond donors (Lipinski definition) is 1. The predicted molar refractivity (Wildman–Crippen MR) is 88.8 cm³/mol. The van der Waals surface area contributed by atoms with Crippen LogP contribution in [0.4, 0.5) is 26.3 Å². The van der Waals surface area contributed by atoms with Gasteiger partial charge in [-0.2, -0.15) is 13.2 Å². The molecular weight excluding hydrogens is 402 g/mol. The van der Waals surface area contributed by atoms with Crippen LogP contribution in [0.2, 0.25) is 0 Å². The van der Waals surface area contributed by atoms with Gasteiger partial charge in [0.25, 0.3) is 0 Å². The van der Waals surface area contributed by atoms with Gasteiger partial charge in [-0.25, -0.2) is 23.1 Å². The van der Waals surface area contributed by atoms with Gasteiger partial charge in [0.2, 0.25) is 11.7 Å². The molecule has 1 aliphatic heterocycles. The summed E-state index contributed by atoms with van der Waals surface area (Å²) >= 11 is 0. The molecule has 1 aromatic heterocycles. The van der Waals surface area contributed by atoms with Crippen molar-refractivity contribution in [3.8, 4) is 0 Å². The van der Waals surface area contributed by atoms with Crippen LogP contribution in [0.3, 0.4) is 0 Å². The van der Waals surface area contributed by atoms with E-state index < -0.39 is 41.4 Å². The maximum Gasteiger partial charge on any atom is 0.451 e. The first kappa shape index (κ1) is 21.0. The summed E-state index contributed by atoms with van der Waals surface area (Å²) in [5.41, 5.74) is 6.30. The van der Waals surface area contributed by atoms with Gasteiger partial charge in [0.05, 0.1) is 12.2 Å². The number of alkyl halides is 3. The molecule has 2 aromatic rings. The van der Waals surface area contributed by atoms with Crippen molar-refractivity contribution in [2.45, 2.75) is 38.0 Å². The lowest BCUT2D eigenvalue weighted by Crippen LogP contribution is -2.40. The van der Waals surface area contributed by atoms with E-state index in [1.807, 2.05) is 0 Å². The van der Waals surface area contributed by atoms with Crippen LogP contribution in [0, 0.1) is 17.5 Å². The van der Waals surface area contributed by atoms with Crippen LogP contribution in [0.15, 0.2) is 18.3 Å². The van der Waals surface area contributed by atoms with Gasteiger partial charge >= 0.3 is 6.18 Å². The molecule has 1 atom stereocenters. The number of nitrogens with two attached hydrogens (primary N) is 1. The van der Waals surface area contributed by atoms with Gasteiger partial charge < -0.3 is 10.6 Å². The Morgan fingerprint density at radius 3 is 2.55 bits per heavy atom. The predicted octanol–water partition coefficient (Wildman–Crippen LogP) is 2.76. The minimum atomic E-state index is -4.70. The minimum Gasteiger partial charge on any atom is -0.336 e. The Balaban J connectivity index is 1.65. The number of carbonyl (C=O) groups is 1. The van der Waals surface area contributed by atoms with Crippen molar-refractivity contribution in [1.29, 1.82) is 0 Å². The second-order valence-electron chi connectivity index (χ2n) is 6.75. The molecule has 0 unspecified atom stereocenters. The third-order valence-electron chi connectivity index (χ3n) is 4.56. The topological polar surface area (TPSA) is 72.1 Å². The summed E-state index contributed by atoms with van der Waals surface area (Å²) in [6.07, 6.45) is -3.76. The second-order valence-corrected chi connectivity index (χ2v) is 6.75. The Hall–Kier alpha value is -2.69. The third kappa shape index (κ3) is 4.84. The van der Waals surface area contributed by atoms with Crippen molar-refractivity contribution in [3.05, 3.63) is 58.4 Å². The van der Waals surface area contributed by atoms with Crippen molar-refractivity contribution >= 4 is 5.91 Å². The average Bonchev–Trinajstić information content (AvgIpc) is 2.64. The van der Waals surface area contributed by atoms with Gasteiger partial charge in [0.1, 0.15) is 5.82 Å². The van der Waals surface area contributed by atoms with E-state index in [-0.39, 0.29) is 43.6 Å². The molecule has 2 heterocycles. The number of hydrogen-bond acceptors (Lipinski definition) is 4. The molecule has 0 bridgehead atoms. The number of halogens is 6. The van der Waals surface area contributed by atoms with E-state index in [1.165, 1.54) is 4.90 Å². The molecule has 29 heavy (non-hydrogen) atoms. The Bertz CT molecular complexity index is 933. The zero-order chi connectivity index (χ0) is 21.3. The number of nitrogens with zero attached hydrogens (tertiary/aromatic N) is 3. The lowest BCUT2D eigenvalue weighted by molar-refractivity contribution is -0.145. The highest BCUT2D eigenvalue weighted by Crippen LogP contribution is 2.28. The Morgan fingerprint density at radius 2 is 1.86 bits per heavy atom. The molecule has 0 saturated carbocycles. The van der Waals surface area contributed by atoms with E-state index in [0.717, 1.165) is 6.20 Å². The van der Waals surface area contributed by atoms with E-state index in [1.54, 1.807) is 0 Å². The standard InChI is InChI=1S/C18H16F6N4O/c19-12-6-14(21)13(20)4-10(12)3-11(25)5-16(29)28-2-1-9-7-26-17(18(22,23)24)27-15(9)8-28/h4,6-7,11H,1-3,5,8,25H2/t11-/m1/s1. The van der Waals surface area contributed by atoms with Crippen molar-refractivity contribution < 1.29 is 31.1 Å². The lowest BCUT2D eigenvalue weighted by Gasteiger charge is -2.29. The number of benzene rings is 1. The molecule has 1 amide bonds. The molecule has 0 radical (unpaired) electrons. The minimum absolute atomic E-state index is 0.104. The van der Waals surface area contributed by atoms with E-state index in [9.17, 15) is 31.1 Å². The molecule has 3 rings (SSSR count). The molecule has 11 heteroatoms. The number of aromatic nitrogens is 2. The van der Waals surface area contributed by atoms with E-state index >= 15 is 0 Å². The summed E-state index contributed by atoms with van der Waals surface area (Å²) in [5, 5.41) is 0. The van der Waals surface area contributed by atoms with Crippen LogP contribution in [-0.4, -0.2) is 33.4 Å². The quantitative estimate of drug-likeness (QED) is 0.612. The molecule has 1 aromatic carbocycles. The normalized spacial score (nSPS) is 15.2. The zero-order valence-electron chi connectivity index (χ0n) is 14.9. The Kier molecular flexibility index (Phi) is 5.78. The summed E-state index contributed by atoms with van der Waals surface area (Å²) in [5.74, 6) is -5.28. The Morgan fingerprint density at radius 1 is 1.17 bits per heavy atom. The first-order valence-electron chi connectivity index (χ1n) is 8.63. The summed E-state index contributed by atoms with van der Waals surface area (Å²) in [4.78, 5) is 20.6. The van der Waals surface area contributed by atoms with Gasteiger partial charge in [0.15, 0.2) is 11.6 Å². The van der Waals surface area contributed by atoms with Gasteiger partial charge in [-0.15, -0.1) is 0 Å². The van der Waals surface area contributed by atoms with Crippen LogP contribution in [0.5, 0.6) is 0 Å². The summed E-state index contributed by atoms with van der Waals surface area (Å²) in [7, 11) is 0. The zero-order valence-corrected chi connectivity index (χ0v) is 14.9. The molecule has 5 nitrogen and oxygen atoms in total. The fraction of sp³-hybridized carbons (Fsp3) is 0.389. The van der Waals surface area contributed by atoms with Crippen molar-refractivity contribution in [1.82, 2.24) is 14.9 Å². The fourth-order valence-corrected chi connectivity index (χ4v) is 3.08. The molecule has 0 aliphatic carbocycles. The number of fused-ring (bicyclic) bond motifs is 1. The molecule has 0 spiro atoms. The van der Waals surface area contributed by atoms with E-state index in [4.69, 9.17) is 5.73 Å². The monoisotopic (exact) mass is 418 g/mol. The molecule has 156 valence electrons.